The van der Waals surface area contributed by atoms with Crippen LogP contribution in [0.15, 0.2) is 24.7 Å². The van der Waals surface area contributed by atoms with Gasteiger partial charge in [0.05, 0.1) is 12.8 Å². The predicted octanol–water partition coefficient (Wildman–Crippen LogP) is 1.59. The summed E-state index contributed by atoms with van der Waals surface area (Å²) in [7, 11) is 1.83. The molecule has 2 aromatic rings. The van der Waals surface area contributed by atoms with Crippen molar-refractivity contribution in [2.75, 3.05) is 6.61 Å². The van der Waals surface area contributed by atoms with Gasteiger partial charge in [0.2, 0.25) is 0 Å². The minimum Gasteiger partial charge on any atom is -0.461 e. The summed E-state index contributed by atoms with van der Waals surface area (Å²) >= 11 is 0. The largest absolute Gasteiger partial charge is 0.461 e. The highest BCUT2D eigenvalue weighted by atomic mass is 16.5. The molecule has 2 aromatic heterocycles. The molecule has 5 nitrogen and oxygen atoms in total. The Labute approximate surface area is 93.0 Å². The van der Waals surface area contributed by atoms with Crippen molar-refractivity contribution < 1.29 is 9.53 Å². The van der Waals surface area contributed by atoms with Gasteiger partial charge in [-0.1, -0.05) is 0 Å². The third-order valence-corrected chi connectivity index (χ3v) is 2.24. The van der Waals surface area contributed by atoms with E-state index in [1.54, 1.807) is 24.0 Å². The smallest absolute Gasteiger partial charge is 0.355 e. The van der Waals surface area contributed by atoms with Crippen molar-refractivity contribution in [1.82, 2.24) is 14.8 Å². The zero-order chi connectivity index (χ0) is 11.5. The van der Waals surface area contributed by atoms with Crippen LogP contribution in [0.25, 0.3) is 11.1 Å². The van der Waals surface area contributed by atoms with E-state index < -0.39 is 0 Å². The van der Waals surface area contributed by atoms with Crippen molar-refractivity contribution in [3.8, 4) is 11.1 Å². The van der Waals surface area contributed by atoms with Gasteiger partial charge < -0.3 is 9.72 Å². The van der Waals surface area contributed by atoms with Crippen molar-refractivity contribution in [3.05, 3.63) is 30.4 Å². The van der Waals surface area contributed by atoms with Crippen LogP contribution in [0.5, 0.6) is 0 Å². The average Bonchev–Trinajstić information content (AvgIpc) is 2.85. The zero-order valence-corrected chi connectivity index (χ0v) is 9.23. The zero-order valence-electron chi connectivity index (χ0n) is 9.23. The lowest BCUT2D eigenvalue weighted by Crippen LogP contribution is -2.06. The lowest BCUT2D eigenvalue weighted by molar-refractivity contribution is 0.0521. The molecule has 0 unspecified atom stereocenters. The summed E-state index contributed by atoms with van der Waals surface area (Å²) in [6, 6.07) is 1.84. The Hall–Kier alpha value is -2.04. The normalized spacial score (nSPS) is 10.4. The van der Waals surface area contributed by atoms with E-state index in [2.05, 4.69) is 10.1 Å². The maximum absolute atomic E-state index is 11.6. The number of H-pyrrole nitrogens is 1. The highest BCUT2D eigenvalue weighted by Crippen LogP contribution is 2.22. The molecular weight excluding hydrogens is 206 g/mol. The van der Waals surface area contributed by atoms with Crippen molar-refractivity contribution >= 4 is 5.97 Å². The molecule has 2 rings (SSSR count). The maximum atomic E-state index is 11.6. The van der Waals surface area contributed by atoms with Crippen LogP contribution in [-0.2, 0) is 11.8 Å². The molecule has 0 saturated carbocycles. The van der Waals surface area contributed by atoms with Crippen molar-refractivity contribution in [2.24, 2.45) is 7.05 Å². The lowest BCUT2D eigenvalue weighted by atomic mass is 10.1. The molecule has 0 fully saturated rings. The summed E-state index contributed by atoms with van der Waals surface area (Å²) in [6.45, 7) is 2.15. The Morgan fingerprint density at radius 1 is 1.62 bits per heavy atom. The molecule has 0 bridgehead atoms. The van der Waals surface area contributed by atoms with Crippen LogP contribution in [0.4, 0.5) is 0 Å². The molecule has 1 N–H and O–H groups in total. The number of hydrogen-bond donors (Lipinski definition) is 1. The second kappa shape index (κ2) is 4.22. The summed E-state index contributed by atoms with van der Waals surface area (Å²) in [4.78, 5) is 14.5. The summed E-state index contributed by atoms with van der Waals surface area (Å²) in [5.74, 6) is -0.341. The number of rotatable bonds is 3. The van der Waals surface area contributed by atoms with Gasteiger partial charge in [0.25, 0.3) is 0 Å². The van der Waals surface area contributed by atoms with E-state index in [4.69, 9.17) is 4.74 Å². The third kappa shape index (κ3) is 1.84. The molecule has 16 heavy (non-hydrogen) atoms. The molecule has 0 radical (unpaired) electrons. The summed E-state index contributed by atoms with van der Waals surface area (Å²) in [6.07, 6.45) is 5.28. The number of ether oxygens (including phenoxy) is 1. The van der Waals surface area contributed by atoms with E-state index in [1.165, 1.54) is 0 Å². The van der Waals surface area contributed by atoms with Crippen LogP contribution in [-0.4, -0.2) is 27.3 Å². The lowest BCUT2D eigenvalue weighted by Gasteiger charge is -2.01. The van der Waals surface area contributed by atoms with Gasteiger partial charge in [0.15, 0.2) is 0 Å². The number of aryl methyl sites for hydroxylation is 1. The number of nitrogens with one attached hydrogen (secondary N) is 1. The number of aromatic amines is 1. The van der Waals surface area contributed by atoms with Crippen LogP contribution in [0.1, 0.15) is 17.4 Å². The molecular formula is C11H13N3O2. The maximum Gasteiger partial charge on any atom is 0.355 e. The number of esters is 1. The number of nitrogens with zero attached hydrogens (tertiary/aromatic N) is 2. The fourth-order valence-corrected chi connectivity index (χ4v) is 1.54. The standard InChI is InChI=1S/C11H13N3O2/c1-3-16-11(15)10-9(4-5-12-10)8-6-13-14(2)7-8/h4-7,12H,3H2,1-2H3. The minimum atomic E-state index is -0.341. The monoisotopic (exact) mass is 219 g/mol. The van der Waals surface area contributed by atoms with Crippen LogP contribution >= 0.6 is 0 Å². The molecule has 84 valence electrons. The van der Waals surface area contributed by atoms with Gasteiger partial charge in [-0.3, -0.25) is 4.68 Å². The Balaban J connectivity index is 2.36. The van der Waals surface area contributed by atoms with Crippen molar-refractivity contribution in [3.63, 3.8) is 0 Å². The number of aromatic nitrogens is 3. The number of hydrogen-bond acceptors (Lipinski definition) is 3. The number of carbonyl (C=O) groups is 1. The summed E-state index contributed by atoms with van der Waals surface area (Å²) in [5.41, 5.74) is 2.17. The highest BCUT2D eigenvalue weighted by molar-refractivity contribution is 5.95. The van der Waals surface area contributed by atoms with E-state index in [0.717, 1.165) is 11.1 Å². The van der Waals surface area contributed by atoms with Crippen LogP contribution in [0, 0.1) is 0 Å². The molecule has 0 saturated heterocycles. The Bertz CT molecular complexity index is 499. The van der Waals surface area contributed by atoms with Gasteiger partial charge in [-0.25, -0.2) is 4.79 Å². The van der Waals surface area contributed by atoms with Gasteiger partial charge in [-0.2, -0.15) is 5.10 Å². The highest BCUT2D eigenvalue weighted by Gasteiger charge is 2.15. The van der Waals surface area contributed by atoms with Gasteiger partial charge >= 0.3 is 5.97 Å². The van der Waals surface area contributed by atoms with E-state index in [1.807, 2.05) is 19.3 Å². The first-order valence-electron chi connectivity index (χ1n) is 5.06. The summed E-state index contributed by atoms with van der Waals surface area (Å²) in [5, 5.41) is 4.07. The molecule has 0 aliphatic carbocycles. The first-order valence-corrected chi connectivity index (χ1v) is 5.06. The molecule has 0 spiro atoms. The second-order valence-corrected chi connectivity index (χ2v) is 3.39. The molecule has 0 aliphatic rings. The van der Waals surface area contributed by atoms with E-state index in [9.17, 15) is 4.79 Å². The van der Waals surface area contributed by atoms with Gasteiger partial charge in [0.1, 0.15) is 5.69 Å². The molecule has 2 heterocycles. The Kier molecular flexibility index (Phi) is 2.76. The molecule has 0 aromatic carbocycles. The van der Waals surface area contributed by atoms with E-state index in [-0.39, 0.29) is 5.97 Å². The van der Waals surface area contributed by atoms with Crippen LogP contribution in [0.3, 0.4) is 0 Å². The third-order valence-electron chi connectivity index (χ3n) is 2.24. The van der Waals surface area contributed by atoms with Crippen LogP contribution in [0.2, 0.25) is 0 Å². The number of carbonyl (C=O) groups excluding carboxylic acids is 1. The molecule has 0 atom stereocenters. The van der Waals surface area contributed by atoms with E-state index >= 15 is 0 Å². The molecule has 5 heteroatoms. The second-order valence-electron chi connectivity index (χ2n) is 3.39. The van der Waals surface area contributed by atoms with Gasteiger partial charge in [-0.05, 0) is 13.0 Å². The van der Waals surface area contributed by atoms with Gasteiger partial charge in [-0.15, -0.1) is 0 Å². The molecule has 0 amide bonds. The minimum absolute atomic E-state index is 0.341. The fourth-order valence-electron chi connectivity index (χ4n) is 1.54. The topological polar surface area (TPSA) is 59.9 Å². The van der Waals surface area contributed by atoms with Crippen LogP contribution < -0.4 is 0 Å². The first-order chi connectivity index (χ1) is 7.72. The van der Waals surface area contributed by atoms with Crippen molar-refractivity contribution in [2.45, 2.75) is 6.92 Å². The van der Waals surface area contributed by atoms with E-state index in [0.29, 0.717) is 12.3 Å². The first kappa shape index (κ1) is 10.5. The molecule has 0 aliphatic heterocycles. The SMILES string of the molecule is CCOC(=O)c1[nH]ccc1-c1cnn(C)c1. The predicted molar refractivity (Wildman–Crippen MR) is 59.0 cm³/mol. The summed E-state index contributed by atoms with van der Waals surface area (Å²) < 4.78 is 6.65. The van der Waals surface area contributed by atoms with Gasteiger partial charge in [0, 0.05) is 30.6 Å². The fraction of sp³-hybridized carbons (Fsp3) is 0.273. The Morgan fingerprint density at radius 2 is 2.44 bits per heavy atom. The quantitative estimate of drug-likeness (QED) is 0.797. The average molecular weight is 219 g/mol. The Morgan fingerprint density at radius 3 is 3.06 bits per heavy atom. The van der Waals surface area contributed by atoms with Crippen molar-refractivity contribution in [1.29, 1.82) is 0 Å².